The van der Waals surface area contributed by atoms with E-state index in [4.69, 9.17) is 0 Å². The number of aromatic hydroxyl groups is 1. The van der Waals surface area contributed by atoms with Gasteiger partial charge >= 0.3 is 0 Å². The normalized spacial score (nSPS) is 10.3. The standard InChI is InChI=1S/C16H16BrNO2/c1-3-18(13-6-4-5-11(2)9-13)16(20)12-7-8-14(17)15(19)10-12/h4-10,19H,3H2,1-2H3. The van der Waals surface area contributed by atoms with Crippen LogP contribution in [0.15, 0.2) is 46.9 Å². The molecule has 0 radical (unpaired) electrons. The Morgan fingerprint density at radius 1 is 1.25 bits per heavy atom. The number of halogens is 1. The average Bonchev–Trinajstić information content (AvgIpc) is 2.42. The summed E-state index contributed by atoms with van der Waals surface area (Å²) in [6, 6.07) is 12.7. The van der Waals surface area contributed by atoms with Crippen molar-refractivity contribution in [2.45, 2.75) is 13.8 Å². The zero-order valence-electron chi connectivity index (χ0n) is 11.4. The summed E-state index contributed by atoms with van der Waals surface area (Å²) >= 11 is 3.21. The maximum absolute atomic E-state index is 12.6. The van der Waals surface area contributed by atoms with Crippen LogP contribution in [0.5, 0.6) is 5.75 Å². The zero-order chi connectivity index (χ0) is 14.7. The fourth-order valence-corrected chi connectivity index (χ4v) is 2.29. The number of hydrogen-bond acceptors (Lipinski definition) is 2. The Balaban J connectivity index is 2.36. The van der Waals surface area contributed by atoms with Gasteiger partial charge in [0.1, 0.15) is 5.75 Å². The number of nitrogens with zero attached hydrogens (tertiary/aromatic N) is 1. The Labute approximate surface area is 127 Å². The van der Waals surface area contributed by atoms with Crippen molar-refractivity contribution in [1.29, 1.82) is 0 Å². The third-order valence-corrected chi connectivity index (χ3v) is 3.74. The maximum Gasteiger partial charge on any atom is 0.258 e. The molecule has 0 heterocycles. The van der Waals surface area contributed by atoms with Crippen LogP contribution in [0.3, 0.4) is 0 Å². The lowest BCUT2D eigenvalue weighted by Gasteiger charge is -2.21. The molecule has 0 bridgehead atoms. The van der Waals surface area contributed by atoms with Gasteiger partial charge in [-0.15, -0.1) is 0 Å². The van der Waals surface area contributed by atoms with Crippen LogP contribution >= 0.6 is 15.9 Å². The van der Waals surface area contributed by atoms with Crippen molar-refractivity contribution in [3.8, 4) is 5.75 Å². The van der Waals surface area contributed by atoms with E-state index in [1.54, 1.807) is 17.0 Å². The highest BCUT2D eigenvalue weighted by molar-refractivity contribution is 9.10. The summed E-state index contributed by atoms with van der Waals surface area (Å²) in [5, 5.41) is 9.70. The van der Waals surface area contributed by atoms with Crippen LogP contribution in [-0.2, 0) is 0 Å². The Morgan fingerprint density at radius 2 is 2.00 bits per heavy atom. The van der Waals surface area contributed by atoms with Gasteiger partial charge in [0.15, 0.2) is 0 Å². The summed E-state index contributed by atoms with van der Waals surface area (Å²) in [7, 11) is 0. The number of anilines is 1. The molecule has 2 aromatic carbocycles. The van der Waals surface area contributed by atoms with E-state index in [2.05, 4.69) is 15.9 Å². The van der Waals surface area contributed by atoms with Gasteiger partial charge in [0, 0.05) is 17.8 Å². The summed E-state index contributed by atoms with van der Waals surface area (Å²) in [6.45, 7) is 4.49. The van der Waals surface area contributed by atoms with E-state index in [0.717, 1.165) is 11.3 Å². The molecule has 2 rings (SSSR count). The van der Waals surface area contributed by atoms with Crippen molar-refractivity contribution >= 4 is 27.5 Å². The monoisotopic (exact) mass is 333 g/mol. The SMILES string of the molecule is CCN(C(=O)c1ccc(Br)c(O)c1)c1cccc(C)c1. The molecule has 0 saturated carbocycles. The first-order valence-corrected chi connectivity index (χ1v) is 7.19. The molecule has 2 aromatic rings. The first kappa shape index (κ1) is 14.6. The number of rotatable bonds is 3. The lowest BCUT2D eigenvalue weighted by molar-refractivity contribution is 0.0988. The van der Waals surface area contributed by atoms with Crippen molar-refractivity contribution in [3.63, 3.8) is 0 Å². The maximum atomic E-state index is 12.6. The smallest absolute Gasteiger partial charge is 0.258 e. The summed E-state index contributed by atoms with van der Waals surface area (Å²) in [5.41, 5.74) is 2.43. The number of aryl methyl sites for hydroxylation is 1. The first-order valence-electron chi connectivity index (χ1n) is 6.40. The van der Waals surface area contributed by atoms with E-state index in [1.807, 2.05) is 38.1 Å². The van der Waals surface area contributed by atoms with Gasteiger partial charge in [-0.25, -0.2) is 0 Å². The lowest BCUT2D eigenvalue weighted by atomic mass is 10.1. The fraction of sp³-hybridized carbons (Fsp3) is 0.188. The second-order valence-corrected chi connectivity index (χ2v) is 5.41. The number of phenolic OH excluding ortho intramolecular Hbond substituents is 1. The minimum absolute atomic E-state index is 0.0659. The largest absolute Gasteiger partial charge is 0.507 e. The average molecular weight is 334 g/mol. The zero-order valence-corrected chi connectivity index (χ0v) is 13.0. The van der Waals surface area contributed by atoms with Gasteiger partial charge in [0.25, 0.3) is 5.91 Å². The van der Waals surface area contributed by atoms with E-state index in [0.29, 0.717) is 16.6 Å². The van der Waals surface area contributed by atoms with Crippen molar-refractivity contribution < 1.29 is 9.90 Å². The quantitative estimate of drug-likeness (QED) is 0.917. The second kappa shape index (κ2) is 6.09. The van der Waals surface area contributed by atoms with Crippen LogP contribution < -0.4 is 4.90 Å². The van der Waals surface area contributed by atoms with E-state index < -0.39 is 0 Å². The van der Waals surface area contributed by atoms with Crippen molar-refractivity contribution in [2.75, 3.05) is 11.4 Å². The molecule has 0 aliphatic carbocycles. The molecule has 0 aromatic heterocycles. The molecule has 20 heavy (non-hydrogen) atoms. The molecule has 104 valence electrons. The van der Waals surface area contributed by atoms with Gasteiger partial charge in [-0.05, 0) is 65.7 Å². The van der Waals surface area contributed by atoms with Gasteiger partial charge in [-0.1, -0.05) is 12.1 Å². The van der Waals surface area contributed by atoms with Crippen molar-refractivity contribution in [1.82, 2.24) is 0 Å². The lowest BCUT2D eigenvalue weighted by Crippen LogP contribution is -2.30. The molecule has 0 saturated heterocycles. The molecule has 0 atom stereocenters. The predicted molar refractivity (Wildman–Crippen MR) is 84.3 cm³/mol. The summed E-state index contributed by atoms with van der Waals surface area (Å²) in [5.74, 6) is -0.0583. The molecule has 0 fully saturated rings. The van der Waals surface area contributed by atoms with E-state index in [1.165, 1.54) is 6.07 Å². The second-order valence-electron chi connectivity index (χ2n) is 4.55. The predicted octanol–water partition coefficient (Wildman–Crippen LogP) is 4.13. The Bertz CT molecular complexity index is 640. The topological polar surface area (TPSA) is 40.5 Å². The molecule has 0 spiro atoms. The van der Waals surface area contributed by atoms with E-state index in [9.17, 15) is 9.90 Å². The number of benzene rings is 2. The number of hydrogen-bond donors (Lipinski definition) is 1. The molecule has 0 aliphatic rings. The minimum atomic E-state index is -0.124. The molecular weight excluding hydrogens is 318 g/mol. The van der Waals surface area contributed by atoms with Crippen LogP contribution in [-0.4, -0.2) is 17.6 Å². The molecule has 1 amide bonds. The van der Waals surface area contributed by atoms with Crippen LogP contribution in [0.4, 0.5) is 5.69 Å². The van der Waals surface area contributed by atoms with Crippen LogP contribution in [0, 0.1) is 6.92 Å². The van der Waals surface area contributed by atoms with E-state index >= 15 is 0 Å². The fourth-order valence-electron chi connectivity index (χ4n) is 2.04. The number of carbonyl (C=O) groups excluding carboxylic acids is 1. The highest BCUT2D eigenvalue weighted by Crippen LogP contribution is 2.26. The van der Waals surface area contributed by atoms with Crippen LogP contribution in [0.2, 0.25) is 0 Å². The number of phenols is 1. The van der Waals surface area contributed by atoms with Crippen molar-refractivity contribution in [2.24, 2.45) is 0 Å². The molecular formula is C16H16BrNO2. The Morgan fingerprint density at radius 3 is 2.60 bits per heavy atom. The number of amides is 1. The highest BCUT2D eigenvalue weighted by atomic mass is 79.9. The summed E-state index contributed by atoms with van der Waals surface area (Å²) in [6.07, 6.45) is 0. The van der Waals surface area contributed by atoms with Gasteiger partial charge in [-0.2, -0.15) is 0 Å². The van der Waals surface area contributed by atoms with Gasteiger partial charge in [-0.3, -0.25) is 4.79 Å². The number of carbonyl (C=O) groups is 1. The third-order valence-electron chi connectivity index (χ3n) is 3.07. The molecule has 1 N–H and O–H groups in total. The molecule has 4 heteroatoms. The van der Waals surface area contributed by atoms with Gasteiger partial charge in [0.2, 0.25) is 0 Å². The Kier molecular flexibility index (Phi) is 4.45. The van der Waals surface area contributed by atoms with Crippen LogP contribution in [0.1, 0.15) is 22.8 Å². The van der Waals surface area contributed by atoms with E-state index in [-0.39, 0.29) is 11.7 Å². The minimum Gasteiger partial charge on any atom is -0.507 e. The molecule has 0 unspecified atom stereocenters. The van der Waals surface area contributed by atoms with Crippen LogP contribution in [0.25, 0.3) is 0 Å². The summed E-state index contributed by atoms with van der Waals surface area (Å²) < 4.78 is 0.577. The third kappa shape index (κ3) is 3.02. The van der Waals surface area contributed by atoms with Gasteiger partial charge < -0.3 is 10.0 Å². The van der Waals surface area contributed by atoms with Gasteiger partial charge in [0.05, 0.1) is 4.47 Å². The Hall–Kier alpha value is -1.81. The molecule has 0 aliphatic heterocycles. The van der Waals surface area contributed by atoms with Crippen molar-refractivity contribution in [3.05, 3.63) is 58.1 Å². The summed E-state index contributed by atoms with van der Waals surface area (Å²) in [4.78, 5) is 14.2. The highest BCUT2D eigenvalue weighted by Gasteiger charge is 2.17. The molecule has 3 nitrogen and oxygen atoms in total. The first-order chi connectivity index (χ1) is 9.52.